The van der Waals surface area contributed by atoms with Gasteiger partial charge in [0.1, 0.15) is 0 Å². The molecule has 0 saturated carbocycles. The maximum atomic E-state index is 13.7. The fourth-order valence-corrected chi connectivity index (χ4v) is 3.19. The standard InChI is InChI=1S/C14H9F5N4S/c1-5-3-6(2)23-13(20-5)21-22-14(23)24-4-7-8(15)10(17)12(19)11(18)9(7)16/h3H,4H2,1-2H3. The molecule has 0 N–H and O–H groups in total. The Labute approximate surface area is 136 Å². The summed E-state index contributed by atoms with van der Waals surface area (Å²) in [5, 5.41) is 7.91. The van der Waals surface area contributed by atoms with E-state index in [0.717, 1.165) is 17.5 Å². The van der Waals surface area contributed by atoms with E-state index >= 15 is 0 Å². The van der Waals surface area contributed by atoms with Crippen molar-refractivity contribution in [3.63, 3.8) is 0 Å². The zero-order chi connectivity index (χ0) is 17.6. The lowest BCUT2D eigenvalue weighted by Crippen LogP contribution is -2.06. The molecular weight excluding hydrogens is 351 g/mol. The minimum absolute atomic E-state index is 0.235. The lowest BCUT2D eigenvalue weighted by molar-refractivity contribution is 0.372. The number of benzene rings is 1. The summed E-state index contributed by atoms with van der Waals surface area (Å²) >= 11 is 0.795. The fraction of sp³-hybridized carbons (Fsp3) is 0.214. The highest BCUT2D eigenvalue weighted by atomic mass is 32.2. The quantitative estimate of drug-likeness (QED) is 0.309. The number of fused-ring (bicyclic) bond motifs is 1. The molecule has 0 bridgehead atoms. The average molecular weight is 360 g/mol. The fourth-order valence-electron chi connectivity index (χ4n) is 2.21. The monoisotopic (exact) mass is 360 g/mol. The number of nitrogens with zero attached hydrogens (tertiary/aromatic N) is 4. The van der Waals surface area contributed by atoms with Crippen LogP contribution in [0.4, 0.5) is 22.0 Å². The van der Waals surface area contributed by atoms with Gasteiger partial charge >= 0.3 is 0 Å². The summed E-state index contributed by atoms with van der Waals surface area (Å²) in [6.45, 7) is 3.52. The molecule has 0 fully saturated rings. The Bertz CT molecular complexity index is 927. The van der Waals surface area contributed by atoms with Crippen LogP contribution in [0, 0.1) is 42.9 Å². The third-order valence-corrected chi connectivity index (χ3v) is 4.26. The molecular formula is C14H9F5N4S. The second kappa shape index (κ2) is 6.00. The summed E-state index contributed by atoms with van der Waals surface area (Å²) in [5.74, 6) is -10.0. The molecule has 24 heavy (non-hydrogen) atoms. The van der Waals surface area contributed by atoms with Crippen LogP contribution in [0.3, 0.4) is 0 Å². The van der Waals surface area contributed by atoms with Gasteiger partial charge in [-0.3, -0.25) is 4.40 Å². The van der Waals surface area contributed by atoms with Crippen LogP contribution >= 0.6 is 11.8 Å². The van der Waals surface area contributed by atoms with Gasteiger partial charge in [-0.15, -0.1) is 10.2 Å². The van der Waals surface area contributed by atoms with Crippen molar-refractivity contribution in [2.24, 2.45) is 0 Å². The number of halogens is 5. The molecule has 3 aromatic rings. The Kier molecular flexibility index (Phi) is 4.16. The molecule has 0 unspecified atom stereocenters. The van der Waals surface area contributed by atoms with E-state index in [1.54, 1.807) is 19.9 Å². The van der Waals surface area contributed by atoms with Crippen LogP contribution in [0.25, 0.3) is 5.78 Å². The molecule has 0 spiro atoms. The van der Waals surface area contributed by atoms with Crippen molar-refractivity contribution >= 4 is 17.5 Å². The van der Waals surface area contributed by atoms with E-state index in [4.69, 9.17) is 0 Å². The van der Waals surface area contributed by atoms with E-state index in [9.17, 15) is 22.0 Å². The van der Waals surface area contributed by atoms with Crippen molar-refractivity contribution in [2.75, 3.05) is 0 Å². The first kappa shape index (κ1) is 16.6. The zero-order valence-corrected chi connectivity index (χ0v) is 13.2. The molecule has 126 valence electrons. The van der Waals surface area contributed by atoms with Crippen LogP contribution in [0.15, 0.2) is 11.2 Å². The van der Waals surface area contributed by atoms with Gasteiger partial charge in [0.15, 0.2) is 28.4 Å². The minimum atomic E-state index is -2.18. The van der Waals surface area contributed by atoms with Crippen LogP contribution in [0.5, 0.6) is 0 Å². The Morgan fingerprint density at radius 2 is 1.50 bits per heavy atom. The summed E-state index contributed by atoms with van der Waals surface area (Å²) in [5.41, 5.74) is 0.525. The van der Waals surface area contributed by atoms with Gasteiger partial charge in [0.05, 0.1) is 0 Å². The number of aryl methyl sites for hydroxylation is 2. The van der Waals surface area contributed by atoms with E-state index in [1.807, 2.05) is 0 Å². The van der Waals surface area contributed by atoms with Crippen molar-refractivity contribution in [2.45, 2.75) is 24.8 Å². The first-order chi connectivity index (χ1) is 11.3. The number of thioether (sulfide) groups is 1. The van der Waals surface area contributed by atoms with Crippen LogP contribution in [0.1, 0.15) is 17.0 Å². The second-order valence-electron chi connectivity index (χ2n) is 4.99. The predicted molar refractivity (Wildman–Crippen MR) is 76.0 cm³/mol. The number of rotatable bonds is 3. The first-order valence-electron chi connectivity index (χ1n) is 6.63. The highest BCUT2D eigenvalue weighted by molar-refractivity contribution is 7.98. The Balaban J connectivity index is 1.98. The van der Waals surface area contributed by atoms with E-state index in [-0.39, 0.29) is 10.9 Å². The molecule has 4 nitrogen and oxygen atoms in total. The zero-order valence-electron chi connectivity index (χ0n) is 12.4. The maximum Gasteiger partial charge on any atom is 0.256 e. The van der Waals surface area contributed by atoms with Crippen molar-refractivity contribution in [3.8, 4) is 0 Å². The smallest absolute Gasteiger partial charge is 0.256 e. The molecule has 0 amide bonds. The molecule has 0 aliphatic heterocycles. The summed E-state index contributed by atoms with van der Waals surface area (Å²) in [7, 11) is 0. The molecule has 1 aromatic carbocycles. The Morgan fingerprint density at radius 1 is 0.917 bits per heavy atom. The van der Waals surface area contributed by atoms with Gasteiger partial charge in [0.2, 0.25) is 5.82 Å². The van der Waals surface area contributed by atoms with Crippen molar-refractivity contribution in [1.29, 1.82) is 0 Å². The van der Waals surface area contributed by atoms with Crippen molar-refractivity contribution in [1.82, 2.24) is 19.6 Å². The van der Waals surface area contributed by atoms with E-state index in [1.165, 1.54) is 4.40 Å². The molecule has 0 saturated heterocycles. The molecule has 10 heteroatoms. The van der Waals surface area contributed by atoms with Crippen molar-refractivity contribution in [3.05, 3.63) is 52.1 Å². The van der Waals surface area contributed by atoms with Gasteiger partial charge in [-0.1, -0.05) is 11.8 Å². The lowest BCUT2D eigenvalue weighted by Gasteiger charge is -2.08. The Hall–Kier alpha value is -2.23. The van der Waals surface area contributed by atoms with E-state index in [0.29, 0.717) is 5.69 Å². The maximum absolute atomic E-state index is 13.7. The highest BCUT2D eigenvalue weighted by Crippen LogP contribution is 2.29. The molecule has 0 aliphatic rings. The topological polar surface area (TPSA) is 43.1 Å². The van der Waals surface area contributed by atoms with Gasteiger partial charge in [-0.25, -0.2) is 26.9 Å². The molecule has 2 aromatic heterocycles. The van der Waals surface area contributed by atoms with E-state index < -0.39 is 40.4 Å². The predicted octanol–water partition coefficient (Wildman–Crippen LogP) is 3.73. The van der Waals surface area contributed by atoms with Crippen LogP contribution in [-0.4, -0.2) is 19.6 Å². The van der Waals surface area contributed by atoms with Crippen molar-refractivity contribution < 1.29 is 22.0 Å². The summed E-state index contributed by atoms with van der Waals surface area (Å²) in [4.78, 5) is 4.15. The summed E-state index contributed by atoms with van der Waals surface area (Å²) in [6, 6.07) is 1.75. The summed E-state index contributed by atoms with van der Waals surface area (Å²) < 4.78 is 68.4. The van der Waals surface area contributed by atoms with Crippen LogP contribution in [-0.2, 0) is 5.75 Å². The molecule has 0 aliphatic carbocycles. The third kappa shape index (κ3) is 2.60. The van der Waals surface area contributed by atoms with E-state index in [2.05, 4.69) is 15.2 Å². The number of hydrogen-bond acceptors (Lipinski definition) is 4. The van der Waals surface area contributed by atoms with Crippen LogP contribution in [0.2, 0.25) is 0 Å². The summed E-state index contributed by atoms with van der Waals surface area (Å²) in [6.07, 6.45) is 0. The molecule has 0 atom stereocenters. The van der Waals surface area contributed by atoms with Gasteiger partial charge in [-0.05, 0) is 19.9 Å². The third-order valence-electron chi connectivity index (χ3n) is 3.31. The van der Waals surface area contributed by atoms with Gasteiger partial charge in [-0.2, -0.15) is 0 Å². The minimum Gasteiger partial charge on any atom is -0.259 e. The second-order valence-corrected chi connectivity index (χ2v) is 5.94. The SMILES string of the molecule is Cc1cc(C)n2c(SCc3c(F)c(F)c(F)c(F)c3F)nnc2n1. The largest absolute Gasteiger partial charge is 0.259 e. The number of hydrogen-bond donors (Lipinski definition) is 0. The highest BCUT2D eigenvalue weighted by Gasteiger charge is 2.26. The molecule has 2 heterocycles. The normalized spacial score (nSPS) is 11.5. The molecule has 3 rings (SSSR count). The van der Waals surface area contributed by atoms with Crippen LogP contribution < -0.4 is 0 Å². The lowest BCUT2D eigenvalue weighted by atomic mass is 10.2. The van der Waals surface area contributed by atoms with Gasteiger partial charge in [0, 0.05) is 22.7 Å². The number of aromatic nitrogens is 4. The van der Waals surface area contributed by atoms with Gasteiger partial charge < -0.3 is 0 Å². The Morgan fingerprint density at radius 3 is 2.12 bits per heavy atom. The first-order valence-corrected chi connectivity index (χ1v) is 7.62. The molecule has 0 radical (unpaired) electrons. The average Bonchev–Trinajstić information content (AvgIpc) is 2.94. The van der Waals surface area contributed by atoms with Gasteiger partial charge in [0.25, 0.3) is 5.78 Å².